The molecule has 2 rings (SSSR count). The van der Waals surface area contributed by atoms with Gasteiger partial charge in [0.1, 0.15) is 6.61 Å². The number of methoxy groups -OCH3 is 1. The number of nitrogens with one attached hydrogen (secondary N) is 1. The van der Waals surface area contributed by atoms with Crippen molar-refractivity contribution in [2.75, 3.05) is 26.9 Å². The number of amides is 2. The second-order valence-corrected chi connectivity index (χ2v) is 5.54. The normalized spacial score (nSPS) is 18.1. The highest BCUT2D eigenvalue weighted by Gasteiger charge is 2.22. The number of hydrogen-bond donors (Lipinski definition) is 1. The van der Waals surface area contributed by atoms with Gasteiger partial charge in [-0.25, -0.2) is 9.78 Å². The van der Waals surface area contributed by atoms with Crippen LogP contribution in [0.5, 0.6) is 5.88 Å². The monoisotopic (exact) mass is 307 g/mol. The Hall–Kier alpha value is -1.82. The van der Waals surface area contributed by atoms with Crippen LogP contribution in [0.15, 0.2) is 18.3 Å². The zero-order valence-electron chi connectivity index (χ0n) is 13.4. The zero-order chi connectivity index (χ0) is 15.8. The average molecular weight is 307 g/mol. The first kappa shape index (κ1) is 16.5. The summed E-state index contributed by atoms with van der Waals surface area (Å²) in [7, 11) is 1.63. The van der Waals surface area contributed by atoms with Crippen molar-refractivity contribution in [3.05, 3.63) is 23.9 Å². The van der Waals surface area contributed by atoms with Gasteiger partial charge in [-0.3, -0.25) is 0 Å². The molecule has 1 N–H and O–H groups in total. The number of pyridine rings is 1. The number of carbonyl (C=O) groups is 1. The van der Waals surface area contributed by atoms with E-state index in [2.05, 4.69) is 17.2 Å². The first-order chi connectivity index (χ1) is 10.7. The second-order valence-electron chi connectivity index (χ2n) is 5.54. The second kappa shape index (κ2) is 8.58. The van der Waals surface area contributed by atoms with E-state index in [0.717, 1.165) is 24.9 Å². The molecular weight excluding hydrogens is 282 g/mol. The third-order valence-corrected chi connectivity index (χ3v) is 3.84. The first-order valence-corrected chi connectivity index (χ1v) is 7.82. The van der Waals surface area contributed by atoms with E-state index in [0.29, 0.717) is 31.7 Å². The number of ether oxygens (including phenoxy) is 2. The van der Waals surface area contributed by atoms with Crippen LogP contribution in [0.25, 0.3) is 0 Å². The summed E-state index contributed by atoms with van der Waals surface area (Å²) in [6.07, 6.45) is 5.11. The summed E-state index contributed by atoms with van der Waals surface area (Å²) in [6.45, 7) is 4.44. The molecule has 1 aliphatic heterocycles. The quantitative estimate of drug-likeness (QED) is 0.818. The molecule has 1 aromatic rings. The summed E-state index contributed by atoms with van der Waals surface area (Å²) in [5, 5.41) is 2.96. The predicted molar refractivity (Wildman–Crippen MR) is 83.9 cm³/mol. The Morgan fingerprint density at radius 3 is 2.95 bits per heavy atom. The van der Waals surface area contributed by atoms with Crippen molar-refractivity contribution in [1.82, 2.24) is 15.2 Å². The maximum atomic E-state index is 12.2. The molecule has 0 unspecified atom stereocenters. The minimum Gasteiger partial charge on any atom is -0.475 e. The van der Waals surface area contributed by atoms with Crippen LogP contribution < -0.4 is 10.1 Å². The average Bonchev–Trinajstić information content (AvgIpc) is 2.54. The molecule has 0 spiro atoms. The lowest BCUT2D eigenvalue weighted by molar-refractivity contribution is 0.143. The number of aromatic nitrogens is 1. The fourth-order valence-electron chi connectivity index (χ4n) is 2.51. The molecule has 0 aromatic carbocycles. The van der Waals surface area contributed by atoms with Gasteiger partial charge >= 0.3 is 6.03 Å². The molecular formula is C16H25N3O3. The lowest BCUT2D eigenvalue weighted by Gasteiger charge is -2.33. The summed E-state index contributed by atoms with van der Waals surface area (Å²) in [6, 6.07) is 4.05. The van der Waals surface area contributed by atoms with E-state index in [-0.39, 0.29) is 6.03 Å². The van der Waals surface area contributed by atoms with Crippen molar-refractivity contribution in [3.8, 4) is 5.88 Å². The van der Waals surface area contributed by atoms with E-state index < -0.39 is 0 Å². The van der Waals surface area contributed by atoms with Crippen LogP contribution in [-0.4, -0.2) is 48.8 Å². The number of piperidine rings is 1. The van der Waals surface area contributed by atoms with E-state index in [9.17, 15) is 4.79 Å². The third-order valence-electron chi connectivity index (χ3n) is 3.84. The predicted octanol–water partition coefficient (Wildman–Crippen LogP) is 2.19. The number of rotatable bonds is 6. The highest BCUT2D eigenvalue weighted by atomic mass is 16.5. The Balaban J connectivity index is 1.77. The van der Waals surface area contributed by atoms with Crippen molar-refractivity contribution in [2.24, 2.45) is 0 Å². The van der Waals surface area contributed by atoms with Crippen LogP contribution >= 0.6 is 0 Å². The molecule has 1 saturated heterocycles. The largest absolute Gasteiger partial charge is 0.475 e. The Bertz CT molecular complexity index is 464. The standard InChI is InChI=1S/C16H25N3O3/c1-13-5-3-4-8-19(13)16(20)18-12-14-6-7-15(17-11-14)22-10-9-21-2/h6-7,11,13H,3-5,8-10,12H2,1-2H3,(H,18,20)/t13-/m0/s1. The van der Waals surface area contributed by atoms with E-state index in [1.54, 1.807) is 19.4 Å². The van der Waals surface area contributed by atoms with E-state index in [4.69, 9.17) is 9.47 Å². The van der Waals surface area contributed by atoms with Gasteiger partial charge in [0.25, 0.3) is 0 Å². The van der Waals surface area contributed by atoms with Gasteiger partial charge in [-0.05, 0) is 31.7 Å². The SMILES string of the molecule is COCCOc1ccc(CNC(=O)N2CCCC[C@@H]2C)cn1. The van der Waals surface area contributed by atoms with Gasteiger partial charge in [-0.2, -0.15) is 0 Å². The molecule has 1 fully saturated rings. The lowest BCUT2D eigenvalue weighted by atomic mass is 10.0. The smallest absolute Gasteiger partial charge is 0.317 e. The molecule has 1 aromatic heterocycles. The Morgan fingerprint density at radius 2 is 2.27 bits per heavy atom. The Morgan fingerprint density at radius 1 is 1.41 bits per heavy atom. The maximum absolute atomic E-state index is 12.2. The van der Waals surface area contributed by atoms with Crippen molar-refractivity contribution in [3.63, 3.8) is 0 Å². The minimum atomic E-state index is 0.00706. The number of urea groups is 1. The van der Waals surface area contributed by atoms with Crippen molar-refractivity contribution < 1.29 is 14.3 Å². The van der Waals surface area contributed by atoms with Gasteiger partial charge in [0.05, 0.1) is 6.61 Å². The highest BCUT2D eigenvalue weighted by molar-refractivity contribution is 5.74. The van der Waals surface area contributed by atoms with Crippen LogP contribution in [0.4, 0.5) is 4.79 Å². The van der Waals surface area contributed by atoms with Crippen LogP contribution in [0, 0.1) is 0 Å². The molecule has 1 aliphatic rings. The van der Waals surface area contributed by atoms with Gasteiger partial charge in [0.2, 0.25) is 5.88 Å². The van der Waals surface area contributed by atoms with Gasteiger partial charge in [-0.1, -0.05) is 6.07 Å². The zero-order valence-corrected chi connectivity index (χ0v) is 13.4. The van der Waals surface area contributed by atoms with Crippen LogP contribution in [0.3, 0.4) is 0 Å². The lowest BCUT2D eigenvalue weighted by Crippen LogP contribution is -2.47. The number of hydrogen-bond acceptors (Lipinski definition) is 4. The van der Waals surface area contributed by atoms with Gasteiger partial charge in [0.15, 0.2) is 0 Å². The van der Waals surface area contributed by atoms with Crippen LogP contribution in [-0.2, 0) is 11.3 Å². The fourth-order valence-corrected chi connectivity index (χ4v) is 2.51. The summed E-state index contributed by atoms with van der Waals surface area (Å²) >= 11 is 0. The minimum absolute atomic E-state index is 0.00706. The number of carbonyl (C=O) groups excluding carboxylic acids is 1. The molecule has 2 amide bonds. The van der Waals surface area contributed by atoms with Crippen molar-refractivity contribution in [2.45, 2.75) is 38.8 Å². The molecule has 0 bridgehead atoms. The first-order valence-electron chi connectivity index (χ1n) is 7.82. The molecule has 6 nitrogen and oxygen atoms in total. The molecule has 0 radical (unpaired) electrons. The molecule has 122 valence electrons. The summed E-state index contributed by atoms with van der Waals surface area (Å²) in [5.74, 6) is 0.566. The molecule has 0 aliphatic carbocycles. The van der Waals surface area contributed by atoms with Crippen molar-refractivity contribution >= 4 is 6.03 Å². The van der Waals surface area contributed by atoms with Crippen LogP contribution in [0.1, 0.15) is 31.7 Å². The van der Waals surface area contributed by atoms with Crippen LogP contribution in [0.2, 0.25) is 0 Å². The van der Waals surface area contributed by atoms with Gasteiger partial charge < -0.3 is 19.7 Å². The Kier molecular flexibility index (Phi) is 6.45. The molecule has 0 saturated carbocycles. The fraction of sp³-hybridized carbons (Fsp3) is 0.625. The summed E-state index contributed by atoms with van der Waals surface area (Å²) < 4.78 is 10.3. The third kappa shape index (κ3) is 4.87. The Labute approximate surface area is 131 Å². The number of nitrogens with zero attached hydrogens (tertiary/aromatic N) is 2. The van der Waals surface area contributed by atoms with Gasteiger partial charge in [0, 0.05) is 38.5 Å². The summed E-state index contributed by atoms with van der Waals surface area (Å²) in [4.78, 5) is 18.3. The summed E-state index contributed by atoms with van der Waals surface area (Å²) in [5.41, 5.74) is 0.956. The van der Waals surface area contributed by atoms with Gasteiger partial charge in [-0.15, -0.1) is 0 Å². The highest BCUT2D eigenvalue weighted by Crippen LogP contribution is 2.16. The number of likely N-dealkylation sites (tertiary alicyclic amines) is 1. The van der Waals surface area contributed by atoms with E-state index in [1.807, 2.05) is 11.0 Å². The topological polar surface area (TPSA) is 63.7 Å². The molecule has 22 heavy (non-hydrogen) atoms. The molecule has 6 heteroatoms. The van der Waals surface area contributed by atoms with E-state index in [1.165, 1.54) is 6.42 Å². The maximum Gasteiger partial charge on any atom is 0.317 e. The molecule has 2 heterocycles. The van der Waals surface area contributed by atoms with E-state index >= 15 is 0 Å². The van der Waals surface area contributed by atoms with Crippen molar-refractivity contribution in [1.29, 1.82) is 0 Å². The molecule has 1 atom stereocenters.